The highest BCUT2D eigenvalue weighted by Gasteiger charge is 2.37. The summed E-state index contributed by atoms with van der Waals surface area (Å²) in [7, 11) is -0.152. The topological polar surface area (TPSA) is 114 Å². The molecule has 1 atom stereocenters. The first kappa shape index (κ1) is 19.2. The van der Waals surface area contributed by atoms with Crippen molar-refractivity contribution in [1.82, 2.24) is 5.01 Å². The van der Waals surface area contributed by atoms with E-state index in [-0.39, 0.29) is 36.0 Å². The predicted molar refractivity (Wildman–Crippen MR) is 98.7 cm³/mol. The van der Waals surface area contributed by atoms with Crippen LogP contribution in [0.4, 0.5) is 5.69 Å². The van der Waals surface area contributed by atoms with Crippen molar-refractivity contribution in [3.8, 4) is 11.5 Å². The summed E-state index contributed by atoms with van der Waals surface area (Å²) in [6.07, 6.45) is 0.644. The molecule has 1 saturated heterocycles. The quantitative estimate of drug-likeness (QED) is 0.789. The van der Waals surface area contributed by atoms with Gasteiger partial charge in [-0.05, 0) is 6.42 Å². The zero-order chi connectivity index (χ0) is 19.6. The van der Waals surface area contributed by atoms with Gasteiger partial charge in [0.15, 0.2) is 9.84 Å². The van der Waals surface area contributed by atoms with Crippen LogP contribution in [-0.2, 0) is 19.4 Å². The van der Waals surface area contributed by atoms with Crippen LogP contribution in [0.5, 0.6) is 11.5 Å². The molecule has 1 aromatic rings. The average molecular weight is 395 g/mol. The van der Waals surface area contributed by atoms with E-state index in [0.717, 1.165) is 5.01 Å². The van der Waals surface area contributed by atoms with Gasteiger partial charge in [0.25, 0.3) is 5.91 Å². The molecule has 9 nitrogen and oxygen atoms in total. The normalized spacial score (nSPS) is 21.6. The number of hydrazone groups is 1. The van der Waals surface area contributed by atoms with E-state index in [4.69, 9.17) is 9.47 Å². The number of nitrogens with one attached hydrogen (secondary N) is 1. The fraction of sp³-hybridized carbons (Fsp3) is 0.471. The molecule has 1 aromatic carbocycles. The van der Waals surface area contributed by atoms with Crippen molar-refractivity contribution in [3.05, 3.63) is 18.2 Å². The van der Waals surface area contributed by atoms with Crippen LogP contribution in [-0.4, -0.2) is 62.7 Å². The zero-order valence-corrected chi connectivity index (χ0v) is 15.9. The van der Waals surface area contributed by atoms with Crippen molar-refractivity contribution in [2.75, 3.05) is 31.0 Å². The predicted octanol–water partition coefficient (Wildman–Crippen LogP) is 0.808. The minimum atomic E-state index is -3.16. The summed E-state index contributed by atoms with van der Waals surface area (Å²) < 4.78 is 33.7. The van der Waals surface area contributed by atoms with Crippen molar-refractivity contribution >= 4 is 33.1 Å². The summed E-state index contributed by atoms with van der Waals surface area (Å²) in [5.41, 5.74) is 0.645. The first-order valence-electron chi connectivity index (χ1n) is 8.45. The number of benzene rings is 1. The molecule has 0 aliphatic carbocycles. The van der Waals surface area contributed by atoms with Gasteiger partial charge in [-0.1, -0.05) is 0 Å². The van der Waals surface area contributed by atoms with Gasteiger partial charge >= 0.3 is 0 Å². The molecule has 1 fully saturated rings. The average Bonchev–Trinajstić information content (AvgIpc) is 3.01. The third kappa shape index (κ3) is 4.38. The Morgan fingerprint density at radius 1 is 1.19 bits per heavy atom. The molecule has 0 radical (unpaired) electrons. The van der Waals surface area contributed by atoms with E-state index in [9.17, 15) is 18.0 Å². The summed E-state index contributed by atoms with van der Waals surface area (Å²) in [5, 5.41) is 8.03. The van der Waals surface area contributed by atoms with Gasteiger partial charge in [0.1, 0.15) is 17.2 Å². The maximum atomic E-state index is 12.6. The Morgan fingerprint density at radius 2 is 1.85 bits per heavy atom. The maximum absolute atomic E-state index is 12.6. The van der Waals surface area contributed by atoms with Crippen LogP contribution in [0.2, 0.25) is 0 Å². The Hall–Kier alpha value is -2.62. The lowest BCUT2D eigenvalue weighted by Crippen LogP contribution is -2.42. The number of carbonyl (C=O) groups excluding carboxylic acids is 2. The second kappa shape index (κ2) is 7.55. The van der Waals surface area contributed by atoms with Gasteiger partial charge in [0.05, 0.1) is 31.8 Å². The van der Waals surface area contributed by atoms with Crippen molar-refractivity contribution in [2.24, 2.45) is 5.10 Å². The van der Waals surface area contributed by atoms with E-state index < -0.39 is 21.8 Å². The lowest BCUT2D eigenvalue weighted by Gasteiger charge is -2.27. The number of rotatable bonds is 5. The third-order valence-corrected chi connectivity index (χ3v) is 6.24. The summed E-state index contributed by atoms with van der Waals surface area (Å²) in [6.45, 7) is 0. The van der Waals surface area contributed by atoms with Crippen LogP contribution in [0.25, 0.3) is 0 Å². The standard InChI is InChI=1S/C17H21N3O6S/c1-25-13-7-11(8-14(9-13)26-2)18-17(22)15-3-4-16(21)20(19-15)12-5-6-27(23,24)10-12/h7-9,12H,3-6,10H2,1-2H3,(H,18,22)/t12-/m1/s1. The highest BCUT2D eigenvalue weighted by Crippen LogP contribution is 2.26. The lowest BCUT2D eigenvalue weighted by atomic mass is 10.1. The second-order valence-corrected chi connectivity index (χ2v) is 8.63. The number of anilines is 1. The number of carbonyl (C=O) groups is 2. The molecular formula is C17H21N3O6S. The largest absolute Gasteiger partial charge is 0.497 e. The van der Waals surface area contributed by atoms with Gasteiger partial charge in [-0.25, -0.2) is 13.4 Å². The first-order valence-corrected chi connectivity index (χ1v) is 10.3. The van der Waals surface area contributed by atoms with Gasteiger partial charge in [0.2, 0.25) is 5.91 Å². The highest BCUT2D eigenvalue weighted by atomic mass is 32.2. The van der Waals surface area contributed by atoms with E-state index in [1.54, 1.807) is 18.2 Å². The number of methoxy groups -OCH3 is 2. The molecule has 3 rings (SSSR count). The monoisotopic (exact) mass is 395 g/mol. The first-order chi connectivity index (χ1) is 12.8. The van der Waals surface area contributed by atoms with E-state index in [1.165, 1.54) is 14.2 Å². The Kier molecular flexibility index (Phi) is 5.36. The van der Waals surface area contributed by atoms with E-state index in [2.05, 4.69) is 10.4 Å². The van der Waals surface area contributed by atoms with Gasteiger partial charge in [0, 0.05) is 36.7 Å². The van der Waals surface area contributed by atoms with Crippen LogP contribution < -0.4 is 14.8 Å². The molecule has 0 saturated carbocycles. The molecule has 2 aliphatic heterocycles. The van der Waals surface area contributed by atoms with Crippen LogP contribution in [0, 0.1) is 0 Å². The molecule has 0 bridgehead atoms. The number of amides is 2. The molecule has 146 valence electrons. The molecular weight excluding hydrogens is 374 g/mol. The Morgan fingerprint density at radius 3 is 2.41 bits per heavy atom. The minimum absolute atomic E-state index is 0.0299. The molecule has 27 heavy (non-hydrogen) atoms. The molecule has 2 heterocycles. The van der Waals surface area contributed by atoms with Gasteiger partial charge < -0.3 is 14.8 Å². The van der Waals surface area contributed by atoms with Crippen molar-refractivity contribution in [1.29, 1.82) is 0 Å². The van der Waals surface area contributed by atoms with Crippen LogP contribution in [0.3, 0.4) is 0 Å². The molecule has 2 amide bonds. The smallest absolute Gasteiger partial charge is 0.271 e. The van der Waals surface area contributed by atoms with Crippen LogP contribution >= 0.6 is 0 Å². The minimum Gasteiger partial charge on any atom is -0.497 e. The summed E-state index contributed by atoms with van der Waals surface area (Å²) in [5.74, 6) is 0.221. The Labute approximate surface area is 157 Å². The number of ether oxygens (including phenoxy) is 2. The van der Waals surface area contributed by atoms with Gasteiger partial charge in [-0.3, -0.25) is 9.59 Å². The van der Waals surface area contributed by atoms with Crippen molar-refractivity contribution in [2.45, 2.75) is 25.3 Å². The molecule has 1 N–H and O–H groups in total. The summed E-state index contributed by atoms with van der Waals surface area (Å²) in [4.78, 5) is 24.7. The van der Waals surface area contributed by atoms with Crippen LogP contribution in [0.15, 0.2) is 23.3 Å². The van der Waals surface area contributed by atoms with Gasteiger partial charge in [-0.2, -0.15) is 5.10 Å². The van der Waals surface area contributed by atoms with Gasteiger partial charge in [-0.15, -0.1) is 0 Å². The zero-order valence-electron chi connectivity index (χ0n) is 15.1. The number of hydrogen-bond donors (Lipinski definition) is 1. The SMILES string of the molecule is COc1cc(NC(=O)C2=NN([C@@H]3CCS(=O)(=O)C3)C(=O)CC2)cc(OC)c1. The lowest BCUT2D eigenvalue weighted by molar-refractivity contribution is -0.133. The molecule has 0 aromatic heterocycles. The summed E-state index contributed by atoms with van der Waals surface area (Å²) in [6, 6.07) is 4.43. The van der Waals surface area contributed by atoms with E-state index >= 15 is 0 Å². The highest BCUT2D eigenvalue weighted by molar-refractivity contribution is 7.91. The fourth-order valence-electron chi connectivity index (χ4n) is 3.07. The van der Waals surface area contributed by atoms with Crippen LogP contribution in [0.1, 0.15) is 19.3 Å². The Balaban J connectivity index is 1.78. The van der Waals surface area contributed by atoms with Crippen molar-refractivity contribution in [3.63, 3.8) is 0 Å². The van der Waals surface area contributed by atoms with E-state index in [1.807, 2.05) is 0 Å². The Bertz CT molecular complexity index is 874. The fourth-order valence-corrected chi connectivity index (χ4v) is 4.76. The molecule has 0 unspecified atom stereocenters. The number of hydrogen-bond acceptors (Lipinski definition) is 7. The number of nitrogens with zero attached hydrogens (tertiary/aromatic N) is 2. The third-order valence-electron chi connectivity index (χ3n) is 4.49. The number of sulfone groups is 1. The second-order valence-electron chi connectivity index (χ2n) is 6.40. The van der Waals surface area contributed by atoms with E-state index in [0.29, 0.717) is 23.6 Å². The molecule has 10 heteroatoms. The van der Waals surface area contributed by atoms with Crippen molar-refractivity contribution < 1.29 is 27.5 Å². The molecule has 0 spiro atoms. The maximum Gasteiger partial charge on any atom is 0.271 e. The molecule has 2 aliphatic rings. The summed E-state index contributed by atoms with van der Waals surface area (Å²) >= 11 is 0.